The Kier molecular flexibility index (Phi) is 4.72. The molecular formula is C10H11ClFNO4S2. The Hall–Kier alpha value is -0.960. The quantitative estimate of drug-likeness (QED) is 0.608. The third-order valence-corrected chi connectivity index (χ3v) is 5.47. The SMILES string of the molecule is C=CCN(C)S(=O)(=O)c1ccc(S(=O)(=O)Cl)cc1F. The van der Waals surface area contributed by atoms with Crippen molar-refractivity contribution in [3.8, 4) is 0 Å². The van der Waals surface area contributed by atoms with Gasteiger partial charge in [-0.2, -0.15) is 4.31 Å². The smallest absolute Gasteiger partial charge is 0.207 e. The van der Waals surface area contributed by atoms with E-state index >= 15 is 0 Å². The molecule has 1 rings (SSSR count). The zero-order valence-corrected chi connectivity index (χ0v) is 12.3. The van der Waals surface area contributed by atoms with Crippen LogP contribution in [0.25, 0.3) is 0 Å². The first-order chi connectivity index (χ1) is 8.60. The summed E-state index contributed by atoms with van der Waals surface area (Å²) in [6.45, 7) is 3.38. The lowest BCUT2D eigenvalue weighted by molar-refractivity contribution is 0.488. The molecule has 0 fully saturated rings. The van der Waals surface area contributed by atoms with E-state index in [0.29, 0.717) is 6.07 Å². The molecule has 106 valence electrons. The molecule has 0 N–H and O–H groups in total. The summed E-state index contributed by atoms with van der Waals surface area (Å²) < 4.78 is 60.5. The number of likely N-dealkylation sites (N-methyl/N-ethyl adjacent to an activating group) is 1. The molecule has 0 bridgehead atoms. The van der Waals surface area contributed by atoms with E-state index in [1.54, 1.807) is 0 Å². The van der Waals surface area contributed by atoms with Crippen LogP contribution < -0.4 is 0 Å². The zero-order chi connectivity index (χ0) is 14.8. The van der Waals surface area contributed by atoms with Gasteiger partial charge in [0.2, 0.25) is 10.0 Å². The Balaban J connectivity index is 3.35. The number of nitrogens with zero attached hydrogens (tertiary/aromatic N) is 1. The van der Waals surface area contributed by atoms with Gasteiger partial charge in [-0.15, -0.1) is 6.58 Å². The molecule has 0 aromatic heterocycles. The van der Waals surface area contributed by atoms with Gasteiger partial charge in [-0.3, -0.25) is 0 Å². The van der Waals surface area contributed by atoms with Gasteiger partial charge in [0.25, 0.3) is 9.05 Å². The Bertz CT molecular complexity index is 700. The van der Waals surface area contributed by atoms with Gasteiger partial charge in [0.05, 0.1) is 4.90 Å². The summed E-state index contributed by atoms with van der Waals surface area (Å²) in [5, 5.41) is 0. The monoisotopic (exact) mass is 327 g/mol. The molecule has 0 aliphatic heterocycles. The van der Waals surface area contributed by atoms with Crippen LogP contribution in [0.2, 0.25) is 0 Å². The normalized spacial score (nSPS) is 12.6. The minimum absolute atomic E-state index is 0.00265. The molecule has 0 aliphatic rings. The van der Waals surface area contributed by atoms with Crippen LogP contribution in [0.5, 0.6) is 0 Å². The molecule has 0 saturated heterocycles. The lowest BCUT2D eigenvalue weighted by Gasteiger charge is -2.15. The molecule has 0 unspecified atom stereocenters. The highest BCUT2D eigenvalue weighted by molar-refractivity contribution is 8.13. The van der Waals surface area contributed by atoms with Gasteiger partial charge in [-0.25, -0.2) is 21.2 Å². The van der Waals surface area contributed by atoms with Crippen LogP contribution in [0.15, 0.2) is 40.6 Å². The van der Waals surface area contributed by atoms with Gasteiger partial charge >= 0.3 is 0 Å². The Morgan fingerprint density at radius 3 is 2.37 bits per heavy atom. The van der Waals surface area contributed by atoms with Crippen molar-refractivity contribution in [2.24, 2.45) is 0 Å². The summed E-state index contributed by atoms with van der Waals surface area (Å²) in [5.74, 6) is -1.18. The van der Waals surface area contributed by atoms with Gasteiger partial charge in [0.15, 0.2) is 0 Å². The average Bonchev–Trinajstić information content (AvgIpc) is 2.27. The molecule has 1 aromatic carbocycles. The summed E-state index contributed by atoms with van der Waals surface area (Å²) in [6.07, 6.45) is 1.34. The molecule has 0 heterocycles. The van der Waals surface area contributed by atoms with Crippen molar-refractivity contribution in [2.75, 3.05) is 13.6 Å². The highest BCUT2D eigenvalue weighted by Gasteiger charge is 2.25. The summed E-state index contributed by atoms with van der Waals surface area (Å²) in [7, 11) is -1.86. The first-order valence-corrected chi connectivity index (χ1v) is 8.67. The summed E-state index contributed by atoms with van der Waals surface area (Å²) in [4.78, 5) is -1.13. The maximum atomic E-state index is 13.7. The van der Waals surface area contributed by atoms with E-state index in [9.17, 15) is 21.2 Å². The van der Waals surface area contributed by atoms with Crippen molar-refractivity contribution in [2.45, 2.75) is 9.79 Å². The molecular weight excluding hydrogens is 317 g/mol. The summed E-state index contributed by atoms with van der Waals surface area (Å²) >= 11 is 0. The highest BCUT2D eigenvalue weighted by Crippen LogP contribution is 2.23. The van der Waals surface area contributed by atoms with E-state index < -0.39 is 34.7 Å². The third-order valence-electron chi connectivity index (χ3n) is 2.26. The number of rotatable bonds is 5. The maximum absolute atomic E-state index is 13.7. The van der Waals surface area contributed by atoms with E-state index in [1.165, 1.54) is 13.1 Å². The van der Waals surface area contributed by atoms with Crippen molar-refractivity contribution in [1.82, 2.24) is 4.31 Å². The fraction of sp³-hybridized carbons (Fsp3) is 0.200. The predicted octanol–water partition coefficient (Wildman–Crippen LogP) is 1.56. The third kappa shape index (κ3) is 3.53. The Labute approximate surface area is 115 Å². The van der Waals surface area contributed by atoms with Gasteiger partial charge in [-0.1, -0.05) is 6.08 Å². The minimum Gasteiger partial charge on any atom is -0.207 e. The van der Waals surface area contributed by atoms with Crippen LogP contribution in [0, 0.1) is 5.82 Å². The number of sulfonamides is 1. The van der Waals surface area contributed by atoms with Crippen molar-refractivity contribution in [3.63, 3.8) is 0 Å². The zero-order valence-electron chi connectivity index (χ0n) is 9.88. The summed E-state index contributed by atoms with van der Waals surface area (Å²) in [5.41, 5.74) is 0. The standard InChI is InChI=1S/C10H11ClFNO4S2/c1-3-6-13(2)19(16,17)10-5-4-8(7-9(10)12)18(11,14)15/h3-5,7H,1,6H2,2H3. The first kappa shape index (κ1) is 16.1. The molecule has 0 radical (unpaired) electrons. The second-order valence-electron chi connectivity index (χ2n) is 3.60. The van der Waals surface area contributed by atoms with E-state index in [4.69, 9.17) is 10.7 Å². The van der Waals surface area contributed by atoms with Crippen LogP contribution in [-0.4, -0.2) is 34.7 Å². The van der Waals surface area contributed by atoms with Crippen LogP contribution in [0.1, 0.15) is 0 Å². The van der Waals surface area contributed by atoms with Crippen LogP contribution in [0.3, 0.4) is 0 Å². The van der Waals surface area contributed by atoms with Gasteiger partial charge in [0, 0.05) is 24.3 Å². The van der Waals surface area contributed by atoms with Gasteiger partial charge in [0.1, 0.15) is 10.7 Å². The van der Waals surface area contributed by atoms with E-state index in [0.717, 1.165) is 16.4 Å². The van der Waals surface area contributed by atoms with E-state index in [1.807, 2.05) is 0 Å². The van der Waals surface area contributed by atoms with Crippen molar-refractivity contribution >= 4 is 29.8 Å². The Morgan fingerprint density at radius 2 is 1.95 bits per heavy atom. The fourth-order valence-corrected chi connectivity index (χ4v) is 3.24. The fourth-order valence-electron chi connectivity index (χ4n) is 1.29. The Morgan fingerprint density at radius 1 is 1.37 bits per heavy atom. The van der Waals surface area contributed by atoms with Crippen LogP contribution >= 0.6 is 10.7 Å². The van der Waals surface area contributed by atoms with Crippen LogP contribution in [-0.2, 0) is 19.1 Å². The van der Waals surface area contributed by atoms with Crippen LogP contribution in [0.4, 0.5) is 4.39 Å². The molecule has 0 atom stereocenters. The predicted molar refractivity (Wildman–Crippen MR) is 69.5 cm³/mol. The number of hydrogen-bond acceptors (Lipinski definition) is 4. The topological polar surface area (TPSA) is 71.5 Å². The number of halogens is 2. The van der Waals surface area contributed by atoms with Crippen molar-refractivity contribution in [3.05, 3.63) is 36.7 Å². The molecule has 0 aliphatic carbocycles. The number of hydrogen-bond donors (Lipinski definition) is 0. The second-order valence-corrected chi connectivity index (χ2v) is 8.18. The highest BCUT2D eigenvalue weighted by atomic mass is 35.7. The number of benzene rings is 1. The molecule has 0 amide bonds. The lowest BCUT2D eigenvalue weighted by Crippen LogP contribution is -2.27. The van der Waals surface area contributed by atoms with Crippen molar-refractivity contribution in [1.29, 1.82) is 0 Å². The second kappa shape index (κ2) is 5.58. The molecule has 0 saturated carbocycles. The molecule has 9 heteroatoms. The maximum Gasteiger partial charge on any atom is 0.261 e. The lowest BCUT2D eigenvalue weighted by atomic mass is 10.3. The average molecular weight is 328 g/mol. The van der Waals surface area contributed by atoms with E-state index in [-0.39, 0.29) is 6.54 Å². The van der Waals surface area contributed by atoms with Crippen molar-refractivity contribution < 1.29 is 21.2 Å². The molecule has 19 heavy (non-hydrogen) atoms. The van der Waals surface area contributed by atoms with E-state index in [2.05, 4.69) is 6.58 Å². The minimum atomic E-state index is -4.11. The molecule has 1 aromatic rings. The van der Waals surface area contributed by atoms with Gasteiger partial charge in [-0.05, 0) is 18.2 Å². The summed E-state index contributed by atoms with van der Waals surface area (Å²) in [6, 6.07) is 2.36. The molecule has 0 spiro atoms. The molecule has 5 nitrogen and oxygen atoms in total. The largest absolute Gasteiger partial charge is 0.261 e. The van der Waals surface area contributed by atoms with Gasteiger partial charge < -0.3 is 0 Å². The first-order valence-electron chi connectivity index (χ1n) is 4.92.